The molecule has 174 valence electrons. The van der Waals surface area contributed by atoms with Crippen LogP contribution < -0.4 is 15.4 Å². The molecule has 1 aliphatic heterocycles. The molecule has 33 heavy (non-hydrogen) atoms. The molecule has 0 spiro atoms. The van der Waals surface area contributed by atoms with Crippen molar-refractivity contribution < 1.29 is 27.2 Å². The molecule has 2 fully saturated rings. The van der Waals surface area contributed by atoms with Gasteiger partial charge in [0, 0.05) is 30.4 Å². The smallest absolute Gasteiger partial charge is 0.406 e. The molecule has 2 aliphatic rings. The van der Waals surface area contributed by atoms with Crippen LogP contribution in [-0.2, 0) is 6.54 Å². The zero-order valence-corrected chi connectivity index (χ0v) is 17.2. The van der Waals surface area contributed by atoms with E-state index in [1.165, 1.54) is 12.1 Å². The summed E-state index contributed by atoms with van der Waals surface area (Å²) in [6.07, 6.45) is 1.06. The largest absolute Gasteiger partial charge is 0.573 e. The van der Waals surface area contributed by atoms with Crippen LogP contribution in [0.3, 0.4) is 0 Å². The van der Waals surface area contributed by atoms with Crippen LogP contribution in [-0.4, -0.2) is 56.0 Å². The lowest BCUT2D eigenvalue weighted by Gasteiger charge is -2.12. The number of amides is 1. The lowest BCUT2D eigenvalue weighted by Crippen LogP contribution is -2.36. The number of carbonyl (C=O) groups is 1. The van der Waals surface area contributed by atoms with Crippen molar-refractivity contribution in [1.29, 1.82) is 0 Å². The number of aromatic nitrogens is 5. The Labute approximate surface area is 185 Å². The van der Waals surface area contributed by atoms with Gasteiger partial charge in [-0.3, -0.25) is 9.48 Å². The molecule has 3 aromatic rings. The molecular formula is C20H20F3N7O3. The van der Waals surface area contributed by atoms with Crippen molar-refractivity contribution >= 4 is 5.91 Å². The van der Waals surface area contributed by atoms with Crippen LogP contribution in [0, 0.1) is 0 Å². The highest BCUT2D eigenvalue weighted by Crippen LogP contribution is 2.45. The standard InChI is InChI=1S/C20H20F3N7O3/c21-20(22,23)32-14-3-4-15(11-1-2-11)16(8-14)17-27-19(33-28-17)18(31)26-12-7-13(24-9-12)10-30-6-5-25-29-30/h3-6,8,11-13,24H,1-2,7,9-10H2,(H,26,31)/t12-,13+/m1/s1. The van der Waals surface area contributed by atoms with E-state index < -0.39 is 12.3 Å². The topological polar surface area (TPSA) is 120 Å². The average Bonchev–Trinajstić information content (AvgIpc) is 3.15. The fourth-order valence-corrected chi connectivity index (χ4v) is 3.97. The first-order valence-corrected chi connectivity index (χ1v) is 10.5. The molecule has 0 radical (unpaired) electrons. The van der Waals surface area contributed by atoms with Crippen LogP contribution in [0.4, 0.5) is 13.2 Å². The normalized spacial score (nSPS) is 20.7. The van der Waals surface area contributed by atoms with Crippen molar-refractivity contribution in [2.45, 2.75) is 50.2 Å². The Hall–Kier alpha value is -3.48. The number of alkyl halides is 3. The predicted molar refractivity (Wildman–Crippen MR) is 106 cm³/mol. The molecule has 10 nitrogen and oxygen atoms in total. The minimum atomic E-state index is -4.82. The zero-order valence-electron chi connectivity index (χ0n) is 17.2. The molecule has 0 bridgehead atoms. The number of nitrogens with one attached hydrogen (secondary N) is 2. The van der Waals surface area contributed by atoms with E-state index in [1.54, 1.807) is 23.1 Å². The van der Waals surface area contributed by atoms with E-state index in [9.17, 15) is 18.0 Å². The SMILES string of the molecule is O=C(N[C@H]1CN[C@H](Cn2ccnn2)C1)c1nc(-c2cc(OC(F)(F)F)ccc2C2CC2)no1. The van der Waals surface area contributed by atoms with Gasteiger partial charge in [0.2, 0.25) is 5.82 Å². The van der Waals surface area contributed by atoms with E-state index in [0.717, 1.165) is 18.4 Å². The summed E-state index contributed by atoms with van der Waals surface area (Å²) in [5.41, 5.74) is 1.16. The Balaban J connectivity index is 1.27. The second kappa shape index (κ2) is 8.46. The summed E-state index contributed by atoms with van der Waals surface area (Å²) in [5.74, 6) is -0.926. The van der Waals surface area contributed by atoms with Crippen LogP contribution >= 0.6 is 0 Å². The fraction of sp³-hybridized carbons (Fsp3) is 0.450. The number of carbonyl (C=O) groups excluding carboxylic acids is 1. The van der Waals surface area contributed by atoms with Gasteiger partial charge in [0.1, 0.15) is 5.75 Å². The molecule has 0 unspecified atom stereocenters. The minimum absolute atomic E-state index is 0.0447. The first-order valence-electron chi connectivity index (χ1n) is 10.5. The van der Waals surface area contributed by atoms with Gasteiger partial charge in [-0.25, -0.2) is 0 Å². The van der Waals surface area contributed by atoms with E-state index in [2.05, 4.69) is 35.8 Å². The number of halogens is 3. The first kappa shape index (κ1) is 21.4. The van der Waals surface area contributed by atoms with Gasteiger partial charge >= 0.3 is 18.2 Å². The van der Waals surface area contributed by atoms with E-state index in [-0.39, 0.29) is 35.5 Å². The Kier molecular flexibility index (Phi) is 5.48. The Morgan fingerprint density at radius 3 is 2.91 bits per heavy atom. The third-order valence-corrected chi connectivity index (χ3v) is 5.57. The highest BCUT2D eigenvalue weighted by Gasteiger charge is 2.34. The van der Waals surface area contributed by atoms with Gasteiger partial charge in [-0.2, -0.15) is 4.98 Å². The molecule has 2 aromatic heterocycles. The minimum Gasteiger partial charge on any atom is -0.406 e. The Bertz CT molecular complexity index is 1130. The zero-order chi connectivity index (χ0) is 23.0. The van der Waals surface area contributed by atoms with Crippen LogP contribution in [0.15, 0.2) is 35.1 Å². The summed E-state index contributed by atoms with van der Waals surface area (Å²) in [5, 5.41) is 17.7. The molecule has 5 rings (SSSR count). The van der Waals surface area contributed by atoms with Crippen molar-refractivity contribution in [3.63, 3.8) is 0 Å². The van der Waals surface area contributed by atoms with E-state index >= 15 is 0 Å². The van der Waals surface area contributed by atoms with E-state index in [1.807, 2.05) is 0 Å². The second-order valence-corrected chi connectivity index (χ2v) is 8.13. The number of ether oxygens (including phenoxy) is 1. The van der Waals surface area contributed by atoms with Gasteiger partial charge in [0.25, 0.3) is 0 Å². The summed E-state index contributed by atoms with van der Waals surface area (Å²) in [7, 11) is 0. The van der Waals surface area contributed by atoms with Gasteiger partial charge in [-0.1, -0.05) is 16.4 Å². The van der Waals surface area contributed by atoms with Gasteiger partial charge in [-0.05, 0) is 42.9 Å². The number of rotatable bonds is 7. The van der Waals surface area contributed by atoms with Crippen molar-refractivity contribution in [3.05, 3.63) is 42.0 Å². The highest BCUT2D eigenvalue weighted by molar-refractivity contribution is 5.90. The van der Waals surface area contributed by atoms with Crippen LogP contribution in [0.1, 0.15) is 41.4 Å². The van der Waals surface area contributed by atoms with Crippen molar-refractivity contribution in [2.24, 2.45) is 0 Å². The highest BCUT2D eigenvalue weighted by atomic mass is 19.4. The van der Waals surface area contributed by atoms with Gasteiger partial charge in [-0.15, -0.1) is 18.3 Å². The van der Waals surface area contributed by atoms with E-state index in [0.29, 0.717) is 25.1 Å². The molecule has 1 amide bonds. The third-order valence-electron chi connectivity index (χ3n) is 5.57. The Morgan fingerprint density at radius 2 is 2.18 bits per heavy atom. The lowest BCUT2D eigenvalue weighted by molar-refractivity contribution is -0.274. The van der Waals surface area contributed by atoms with Crippen LogP contribution in [0.5, 0.6) is 5.75 Å². The summed E-state index contributed by atoms with van der Waals surface area (Å²) in [6.45, 7) is 1.19. The molecule has 1 aliphatic carbocycles. The number of nitrogens with zero attached hydrogens (tertiary/aromatic N) is 5. The molecule has 1 saturated carbocycles. The third kappa shape index (κ3) is 5.13. The van der Waals surface area contributed by atoms with Gasteiger partial charge in [0.05, 0.1) is 12.7 Å². The molecule has 1 aromatic carbocycles. The number of benzene rings is 1. The maximum atomic E-state index is 12.6. The lowest BCUT2D eigenvalue weighted by atomic mass is 10.0. The van der Waals surface area contributed by atoms with Crippen LogP contribution in [0.25, 0.3) is 11.4 Å². The van der Waals surface area contributed by atoms with Gasteiger partial charge in [0.15, 0.2) is 0 Å². The number of hydrogen-bond donors (Lipinski definition) is 2. The monoisotopic (exact) mass is 463 g/mol. The fourth-order valence-electron chi connectivity index (χ4n) is 3.97. The van der Waals surface area contributed by atoms with Crippen molar-refractivity contribution in [1.82, 2.24) is 35.8 Å². The summed E-state index contributed by atoms with van der Waals surface area (Å²) in [4.78, 5) is 16.8. The molecule has 2 N–H and O–H groups in total. The maximum absolute atomic E-state index is 12.6. The first-order chi connectivity index (χ1) is 15.8. The maximum Gasteiger partial charge on any atom is 0.573 e. The van der Waals surface area contributed by atoms with Gasteiger partial charge < -0.3 is 19.9 Å². The molecule has 13 heteroatoms. The average molecular weight is 463 g/mol. The molecule has 1 saturated heterocycles. The predicted octanol–water partition coefficient (Wildman–Crippen LogP) is 2.26. The summed E-state index contributed by atoms with van der Waals surface area (Å²) in [6, 6.07) is 4.04. The quantitative estimate of drug-likeness (QED) is 0.548. The molecule has 3 heterocycles. The molecule has 2 atom stereocenters. The van der Waals surface area contributed by atoms with Crippen molar-refractivity contribution in [3.8, 4) is 17.1 Å². The number of hydrogen-bond acceptors (Lipinski definition) is 8. The summed E-state index contributed by atoms with van der Waals surface area (Å²) >= 11 is 0. The molecular weight excluding hydrogens is 443 g/mol. The Morgan fingerprint density at radius 1 is 1.33 bits per heavy atom. The second-order valence-electron chi connectivity index (χ2n) is 8.13. The van der Waals surface area contributed by atoms with Crippen LogP contribution in [0.2, 0.25) is 0 Å². The van der Waals surface area contributed by atoms with E-state index in [4.69, 9.17) is 4.52 Å². The summed E-state index contributed by atoms with van der Waals surface area (Å²) < 4.78 is 48.8. The van der Waals surface area contributed by atoms with Crippen molar-refractivity contribution in [2.75, 3.05) is 6.54 Å².